The Morgan fingerprint density at radius 1 is 1.06 bits per heavy atom. The van der Waals surface area contributed by atoms with E-state index in [9.17, 15) is 14.4 Å². The SMILES string of the molecule is CC(C)Oc1ccc(C(=O)Oc2ccc3c(c2)OC(N)=C(C#N)C3c2ccc(F)cc2)cc1. The third-order valence-electron chi connectivity index (χ3n) is 5.07. The summed E-state index contributed by atoms with van der Waals surface area (Å²) in [4.78, 5) is 12.6. The number of benzene rings is 3. The van der Waals surface area contributed by atoms with Gasteiger partial charge in [0.25, 0.3) is 0 Å². The van der Waals surface area contributed by atoms with Crippen LogP contribution in [0.2, 0.25) is 0 Å². The third-order valence-corrected chi connectivity index (χ3v) is 5.07. The summed E-state index contributed by atoms with van der Waals surface area (Å²) in [5, 5.41) is 9.62. The van der Waals surface area contributed by atoms with Crippen LogP contribution in [-0.2, 0) is 0 Å². The molecule has 0 radical (unpaired) electrons. The largest absolute Gasteiger partial charge is 0.491 e. The molecule has 0 aromatic heterocycles. The van der Waals surface area contributed by atoms with Gasteiger partial charge in [-0.2, -0.15) is 5.26 Å². The first kappa shape index (κ1) is 21.9. The summed E-state index contributed by atoms with van der Waals surface area (Å²) in [5.41, 5.74) is 7.92. The molecule has 6 nitrogen and oxygen atoms in total. The first-order valence-corrected chi connectivity index (χ1v) is 10.3. The zero-order valence-electron chi connectivity index (χ0n) is 18.0. The van der Waals surface area contributed by atoms with E-state index in [1.54, 1.807) is 54.6 Å². The van der Waals surface area contributed by atoms with Crippen LogP contribution in [0.25, 0.3) is 0 Å². The molecule has 3 aromatic carbocycles. The number of halogens is 1. The van der Waals surface area contributed by atoms with Crippen LogP contribution >= 0.6 is 0 Å². The average molecular weight is 444 g/mol. The molecule has 1 atom stereocenters. The van der Waals surface area contributed by atoms with Crippen LogP contribution in [-0.4, -0.2) is 12.1 Å². The Kier molecular flexibility index (Phi) is 6.01. The second kappa shape index (κ2) is 9.05. The number of carbonyl (C=O) groups is 1. The van der Waals surface area contributed by atoms with Gasteiger partial charge in [-0.05, 0) is 61.9 Å². The number of nitriles is 1. The maximum absolute atomic E-state index is 13.4. The number of carbonyl (C=O) groups excluding carboxylic acids is 1. The van der Waals surface area contributed by atoms with Crippen LogP contribution in [0.15, 0.2) is 78.2 Å². The summed E-state index contributed by atoms with van der Waals surface area (Å²) in [6.07, 6.45) is 0.0278. The van der Waals surface area contributed by atoms with Crippen LogP contribution in [0.3, 0.4) is 0 Å². The van der Waals surface area contributed by atoms with Crippen LogP contribution in [0, 0.1) is 17.1 Å². The Bertz CT molecular complexity index is 1260. The second-order valence-electron chi connectivity index (χ2n) is 7.76. The molecular weight excluding hydrogens is 423 g/mol. The molecule has 0 spiro atoms. The van der Waals surface area contributed by atoms with Crippen LogP contribution < -0.4 is 19.9 Å². The van der Waals surface area contributed by atoms with E-state index in [1.165, 1.54) is 12.1 Å². The minimum absolute atomic E-state index is 0.0278. The highest BCUT2D eigenvalue weighted by atomic mass is 19.1. The number of fused-ring (bicyclic) bond motifs is 1. The fraction of sp³-hybridized carbons (Fsp3) is 0.154. The lowest BCUT2D eigenvalue weighted by Crippen LogP contribution is -2.21. The molecule has 166 valence electrons. The average Bonchev–Trinajstić information content (AvgIpc) is 2.79. The van der Waals surface area contributed by atoms with E-state index in [1.807, 2.05) is 13.8 Å². The first-order valence-electron chi connectivity index (χ1n) is 10.3. The van der Waals surface area contributed by atoms with Gasteiger partial charge in [-0.25, -0.2) is 9.18 Å². The molecule has 1 heterocycles. The maximum Gasteiger partial charge on any atom is 0.343 e. The number of nitrogens with two attached hydrogens (primary N) is 1. The van der Waals surface area contributed by atoms with Crippen molar-refractivity contribution in [2.24, 2.45) is 5.73 Å². The van der Waals surface area contributed by atoms with Crippen molar-refractivity contribution in [1.82, 2.24) is 0 Å². The van der Waals surface area contributed by atoms with Crippen LogP contribution in [0.5, 0.6) is 17.2 Å². The van der Waals surface area contributed by atoms with E-state index in [2.05, 4.69) is 6.07 Å². The minimum Gasteiger partial charge on any atom is -0.491 e. The number of hydrogen-bond acceptors (Lipinski definition) is 6. The van der Waals surface area contributed by atoms with E-state index in [4.69, 9.17) is 19.9 Å². The van der Waals surface area contributed by atoms with Crippen LogP contribution in [0.4, 0.5) is 4.39 Å². The minimum atomic E-state index is -0.543. The number of nitrogens with zero attached hydrogens (tertiary/aromatic N) is 1. The van der Waals surface area contributed by atoms with Crippen molar-refractivity contribution in [2.75, 3.05) is 0 Å². The van der Waals surface area contributed by atoms with Crippen molar-refractivity contribution in [3.8, 4) is 23.3 Å². The third kappa shape index (κ3) is 4.65. The molecule has 0 bridgehead atoms. The summed E-state index contributed by atoms with van der Waals surface area (Å²) in [6.45, 7) is 3.84. The molecule has 7 heteroatoms. The van der Waals surface area contributed by atoms with E-state index >= 15 is 0 Å². The molecule has 4 rings (SSSR count). The fourth-order valence-corrected chi connectivity index (χ4v) is 3.61. The van der Waals surface area contributed by atoms with Gasteiger partial charge in [0.2, 0.25) is 5.88 Å². The molecule has 1 unspecified atom stereocenters. The smallest absolute Gasteiger partial charge is 0.343 e. The molecule has 0 aliphatic carbocycles. The highest BCUT2D eigenvalue weighted by Crippen LogP contribution is 2.43. The molecule has 0 amide bonds. The summed E-state index contributed by atoms with van der Waals surface area (Å²) < 4.78 is 30.1. The lowest BCUT2D eigenvalue weighted by atomic mass is 9.83. The van der Waals surface area contributed by atoms with Crippen molar-refractivity contribution >= 4 is 5.97 Å². The lowest BCUT2D eigenvalue weighted by molar-refractivity contribution is 0.0734. The van der Waals surface area contributed by atoms with E-state index in [0.717, 1.165) is 0 Å². The number of rotatable bonds is 5. The summed E-state index contributed by atoms with van der Waals surface area (Å²) in [6, 6.07) is 19.4. The van der Waals surface area contributed by atoms with Gasteiger partial charge in [0.1, 0.15) is 34.7 Å². The molecule has 0 fully saturated rings. The van der Waals surface area contributed by atoms with Gasteiger partial charge >= 0.3 is 5.97 Å². The van der Waals surface area contributed by atoms with Crippen molar-refractivity contribution < 1.29 is 23.4 Å². The van der Waals surface area contributed by atoms with Crippen LogP contribution in [0.1, 0.15) is 41.3 Å². The molecule has 0 saturated carbocycles. The number of hydrogen-bond donors (Lipinski definition) is 1. The zero-order valence-corrected chi connectivity index (χ0v) is 18.0. The molecule has 1 aliphatic rings. The highest BCUT2D eigenvalue weighted by Gasteiger charge is 2.31. The highest BCUT2D eigenvalue weighted by molar-refractivity contribution is 5.91. The van der Waals surface area contributed by atoms with Crippen molar-refractivity contribution in [2.45, 2.75) is 25.9 Å². The molecule has 0 saturated heterocycles. The van der Waals surface area contributed by atoms with Gasteiger partial charge in [0.05, 0.1) is 17.6 Å². The number of esters is 1. The fourth-order valence-electron chi connectivity index (χ4n) is 3.61. The Balaban J connectivity index is 1.60. The van der Waals surface area contributed by atoms with Gasteiger partial charge in [-0.1, -0.05) is 18.2 Å². The van der Waals surface area contributed by atoms with Gasteiger partial charge in [-0.3, -0.25) is 0 Å². The van der Waals surface area contributed by atoms with Gasteiger partial charge in [-0.15, -0.1) is 0 Å². The van der Waals surface area contributed by atoms with Crippen molar-refractivity contribution in [1.29, 1.82) is 5.26 Å². The Labute approximate surface area is 190 Å². The van der Waals surface area contributed by atoms with Gasteiger partial charge in [0.15, 0.2) is 0 Å². The maximum atomic E-state index is 13.4. The Morgan fingerprint density at radius 3 is 2.36 bits per heavy atom. The predicted molar refractivity (Wildman–Crippen MR) is 119 cm³/mol. The van der Waals surface area contributed by atoms with Crippen molar-refractivity contribution in [3.05, 3.63) is 101 Å². The first-order chi connectivity index (χ1) is 15.9. The molecule has 3 aromatic rings. The van der Waals surface area contributed by atoms with Gasteiger partial charge in [0, 0.05) is 11.6 Å². The zero-order chi connectivity index (χ0) is 23.5. The monoisotopic (exact) mass is 444 g/mol. The second-order valence-corrected chi connectivity index (χ2v) is 7.76. The Hall–Kier alpha value is -4.31. The normalized spacial score (nSPS) is 14.8. The number of allylic oxidation sites excluding steroid dienone is 1. The predicted octanol–water partition coefficient (Wildman–Crippen LogP) is 5.05. The van der Waals surface area contributed by atoms with Crippen molar-refractivity contribution in [3.63, 3.8) is 0 Å². The number of ether oxygens (including phenoxy) is 3. The lowest BCUT2D eigenvalue weighted by Gasteiger charge is -2.26. The summed E-state index contributed by atoms with van der Waals surface area (Å²) in [7, 11) is 0. The quantitative estimate of drug-likeness (QED) is 0.437. The summed E-state index contributed by atoms with van der Waals surface area (Å²) >= 11 is 0. The standard InChI is InChI=1S/C26H21FN2O4/c1-15(2)31-19-9-5-17(6-10-19)26(30)32-20-11-12-21-23(13-20)33-25(29)22(14-28)24(21)16-3-7-18(27)8-4-16/h3-13,15,24H,29H2,1-2H3. The Morgan fingerprint density at radius 2 is 1.73 bits per heavy atom. The van der Waals surface area contributed by atoms with E-state index < -0.39 is 11.9 Å². The summed E-state index contributed by atoms with van der Waals surface area (Å²) in [5.74, 6) is -0.239. The van der Waals surface area contributed by atoms with E-state index in [-0.39, 0.29) is 29.1 Å². The van der Waals surface area contributed by atoms with Gasteiger partial charge < -0.3 is 19.9 Å². The topological polar surface area (TPSA) is 94.6 Å². The molecular formula is C26H21FN2O4. The molecule has 33 heavy (non-hydrogen) atoms. The molecule has 2 N–H and O–H groups in total. The van der Waals surface area contributed by atoms with E-state index in [0.29, 0.717) is 28.2 Å². The molecule has 1 aliphatic heterocycles.